The van der Waals surface area contributed by atoms with Crippen LogP contribution in [-0.4, -0.2) is 25.5 Å². The molecule has 3 nitrogen and oxygen atoms in total. The zero-order chi connectivity index (χ0) is 9.10. The number of hydrogen-bond acceptors (Lipinski definition) is 2. The predicted octanol–water partition coefficient (Wildman–Crippen LogP) is 0.512. The van der Waals surface area contributed by atoms with E-state index >= 15 is 0 Å². The fourth-order valence-electron chi connectivity index (χ4n) is 1.95. The Labute approximate surface area is 79.3 Å². The Kier molecular flexibility index (Phi) is 2.83. The molecule has 0 aromatic rings. The maximum Gasteiger partial charge on any atom is 0.223 e. The van der Waals surface area contributed by atoms with E-state index in [2.05, 4.69) is 10.6 Å². The second-order valence-electron chi connectivity index (χ2n) is 4.23. The first-order valence-electron chi connectivity index (χ1n) is 5.34. The van der Waals surface area contributed by atoms with E-state index in [-0.39, 0.29) is 5.91 Å². The van der Waals surface area contributed by atoms with Crippen molar-refractivity contribution in [3.8, 4) is 0 Å². The molecule has 0 aromatic heterocycles. The van der Waals surface area contributed by atoms with Crippen LogP contribution in [0.15, 0.2) is 0 Å². The van der Waals surface area contributed by atoms with Gasteiger partial charge in [-0.25, -0.2) is 0 Å². The van der Waals surface area contributed by atoms with Crippen molar-refractivity contribution in [1.29, 1.82) is 0 Å². The second-order valence-corrected chi connectivity index (χ2v) is 4.23. The van der Waals surface area contributed by atoms with Gasteiger partial charge in [-0.2, -0.15) is 0 Å². The minimum atomic E-state index is 0.290. The summed E-state index contributed by atoms with van der Waals surface area (Å²) in [5.41, 5.74) is 0. The highest BCUT2D eigenvalue weighted by atomic mass is 16.1. The molecule has 1 aliphatic heterocycles. The number of hydrogen-bond donors (Lipinski definition) is 2. The number of nitrogens with one attached hydrogen (secondary N) is 2. The van der Waals surface area contributed by atoms with Crippen molar-refractivity contribution in [3.05, 3.63) is 0 Å². The van der Waals surface area contributed by atoms with Gasteiger partial charge in [-0.1, -0.05) is 6.42 Å². The van der Waals surface area contributed by atoms with Crippen LogP contribution in [0.25, 0.3) is 0 Å². The average molecular weight is 182 g/mol. The smallest absolute Gasteiger partial charge is 0.223 e. The van der Waals surface area contributed by atoms with E-state index < -0.39 is 0 Å². The van der Waals surface area contributed by atoms with Gasteiger partial charge in [0.25, 0.3) is 0 Å². The van der Waals surface area contributed by atoms with Crippen LogP contribution < -0.4 is 10.6 Å². The molecule has 2 aliphatic rings. The molecule has 0 bridgehead atoms. The largest absolute Gasteiger partial charge is 0.356 e. The number of carbonyl (C=O) groups excluding carboxylic acids is 1. The summed E-state index contributed by atoms with van der Waals surface area (Å²) in [5.74, 6) is 1.30. The molecule has 1 saturated heterocycles. The summed E-state index contributed by atoms with van der Waals surface area (Å²) in [5, 5.41) is 6.35. The summed E-state index contributed by atoms with van der Waals surface area (Å²) in [4.78, 5) is 11.5. The molecule has 1 unspecified atom stereocenters. The summed E-state index contributed by atoms with van der Waals surface area (Å²) in [6, 6.07) is 0. The lowest BCUT2D eigenvalue weighted by Gasteiger charge is -2.24. The van der Waals surface area contributed by atoms with Crippen molar-refractivity contribution in [3.63, 3.8) is 0 Å². The molecule has 3 heteroatoms. The van der Waals surface area contributed by atoms with Gasteiger partial charge in [0.05, 0.1) is 0 Å². The van der Waals surface area contributed by atoms with Gasteiger partial charge in [-0.15, -0.1) is 0 Å². The van der Waals surface area contributed by atoms with Crippen LogP contribution in [0, 0.1) is 11.8 Å². The molecule has 2 rings (SSSR count). The van der Waals surface area contributed by atoms with Crippen LogP contribution in [0.4, 0.5) is 0 Å². The SMILES string of the molecule is O=C(NCC1CCNC1)C1CCC1. The van der Waals surface area contributed by atoms with E-state index in [4.69, 9.17) is 0 Å². The van der Waals surface area contributed by atoms with E-state index in [9.17, 15) is 4.79 Å². The van der Waals surface area contributed by atoms with E-state index in [1.54, 1.807) is 0 Å². The molecule has 1 saturated carbocycles. The van der Waals surface area contributed by atoms with Crippen molar-refractivity contribution in [1.82, 2.24) is 10.6 Å². The van der Waals surface area contributed by atoms with Gasteiger partial charge in [0.1, 0.15) is 0 Å². The molecule has 1 heterocycles. The highest BCUT2D eigenvalue weighted by Crippen LogP contribution is 2.26. The van der Waals surface area contributed by atoms with E-state index in [0.29, 0.717) is 11.8 Å². The molecule has 0 radical (unpaired) electrons. The number of amides is 1. The topological polar surface area (TPSA) is 41.1 Å². The molecule has 2 fully saturated rings. The lowest BCUT2D eigenvalue weighted by atomic mass is 9.85. The van der Waals surface area contributed by atoms with Crippen molar-refractivity contribution in [2.75, 3.05) is 19.6 Å². The molecule has 1 atom stereocenters. The minimum absolute atomic E-state index is 0.290. The van der Waals surface area contributed by atoms with Crippen molar-refractivity contribution < 1.29 is 4.79 Å². The standard InChI is InChI=1S/C10H18N2O/c13-10(9-2-1-3-9)12-7-8-4-5-11-6-8/h8-9,11H,1-7H2,(H,12,13). The highest BCUT2D eigenvalue weighted by molar-refractivity contribution is 5.79. The first-order chi connectivity index (χ1) is 6.36. The summed E-state index contributed by atoms with van der Waals surface area (Å²) < 4.78 is 0. The van der Waals surface area contributed by atoms with Crippen LogP contribution in [0.1, 0.15) is 25.7 Å². The molecule has 1 amide bonds. The first kappa shape index (κ1) is 9.00. The Balaban J connectivity index is 1.63. The van der Waals surface area contributed by atoms with E-state index in [0.717, 1.165) is 32.5 Å². The fourth-order valence-corrected chi connectivity index (χ4v) is 1.95. The normalized spacial score (nSPS) is 28.5. The average Bonchev–Trinajstić information content (AvgIpc) is 2.49. The molecular weight excluding hydrogens is 164 g/mol. The second kappa shape index (κ2) is 4.09. The van der Waals surface area contributed by atoms with Gasteiger partial charge >= 0.3 is 0 Å². The lowest BCUT2D eigenvalue weighted by molar-refractivity contribution is -0.127. The van der Waals surface area contributed by atoms with Crippen LogP contribution >= 0.6 is 0 Å². The summed E-state index contributed by atoms with van der Waals surface area (Å²) in [6.07, 6.45) is 4.66. The molecule has 0 aromatic carbocycles. The molecule has 2 N–H and O–H groups in total. The Morgan fingerprint density at radius 3 is 2.77 bits per heavy atom. The lowest BCUT2D eigenvalue weighted by Crippen LogP contribution is -2.37. The predicted molar refractivity (Wildman–Crippen MR) is 51.3 cm³/mol. The number of carbonyl (C=O) groups is 1. The van der Waals surface area contributed by atoms with Gasteiger partial charge in [0, 0.05) is 12.5 Å². The van der Waals surface area contributed by atoms with Crippen molar-refractivity contribution >= 4 is 5.91 Å². The Morgan fingerprint density at radius 1 is 1.38 bits per heavy atom. The van der Waals surface area contributed by atoms with Crippen LogP contribution in [0.3, 0.4) is 0 Å². The zero-order valence-electron chi connectivity index (χ0n) is 8.01. The Hall–Kier alpha value is -0.570. The van der Waals surface area contributed by atoms with Gasteiger partial charge < -0.3 is 10.6 Å². The molecular formula is C10H18N2O. The first-order valence-corrected chi connectivity index (χ1v) is 5.34. The quantitative estimate of drug-likeness (QED) is 0.668. The van der Waals surface area contributed by atoms with Gasteiger partial charge in [0.2, 0.25) is 5.91 Å². The third kappa shape index (κ3) is 2.21. The van der Waals surface area contributed by atoms with E-state index in [1.807, 2.05) is 0 Å². The van der Waals surface area contributed by atoms with E-state index in [1.165, 1.54) is 12.8 Å². The molecule has 74 valence electrons. The third-order valence-electron chi connectivity index (χ3n) is 3.20. The summed E-state index contributed by atoms with van der Waals surface area (Å²) >= 11 is 0. The van der Waals surface area contributed by atoms with Gasteiger partial charge in [-0.3, -0.25) is 4.79 Å². The maximum atomic E-state index is 11.5. The molecule has 0 spiro atoms. The fraction of sp³-hybridized carbons (Fsp3) is 0.900. The highest BCUT2D eigenvalue weighted by Gasteiger charge is 2.25. The summed E-state index contributed by atoms with van der Waals surface area (Å²) in [7, 11) is 0. The van der Waals surface area contributed by atoms with Gasteiger partial charge in [0.15, 0.2) is 0 Å². The monoisotopic (exact) mass is 182 g/mol. The van der Waals surface area contributed by atoms with Crippen LogP contribution in [-0.2, 0) is 4.79 Å². The number of rotatable bonds is 3. The van der Waals surface area contributed by atoms with Crippen molar-refractivity contribution in [2.45, 2.75) is 25.7 Å². The Bertz CT molecular complexity index is 183. The van der Waals surface area contributed by atoms with Crippen LogP contribution in [0.5, 0.6) is 0 Å². The maximum absolute atomic E-state index is 11.5. The molecule has 13 heavy (non-hydrogen) atoms. The summed E-state index contributed by atoms with van der Waals surface area (Å²) in [6.45, 7) is 3.07. The third-order valence-corrected chi connectivity index (χ3v) is 3.20. The van der Waals surface area contributed by atoms with Crippen LogP contribution in [0.2, 0.25) is 0 Å². The van der Waals surface area contributed by atoms with Crippen molar-refractivity contribution in [2.24, 2.45) is 11.8 Å². The molecule has 1 aliphatic carbocycles. The Morgan fingerprint density at radius 2 is 2.23 bits per heavy atom. The van der Waals surface area contributed by atoms with Gasteiger partial charge in [-0.05, 0) is 38.3 Å². The minimum Gasteiger partial charge on any atom is -0.356 e. The zero-order valence-corrected chi connectivity index (χ0v) is 8.01.